The van der Waals surface area contributed by atoms with Gasteiger partial charge in [0.2, 0.25) is 0 Å². The topological polar surface area (TPSA) is 137 Å². The number of carbonyl (C=O) groups excluding carboxylic acids is 1. The number of hydrogen-bond acceptors (Lipinski definition) is 8. The first kappa shape index (κ1) is 18.1. The van der Waals surface area contributed by atoms with E-state index in [0.717, 1.165) is 0 Å². The van der Waals surface area contributed by atoms with Crippen LogP contribution < -0.4 is 5.73 Å². The van der Waals surface area contributed by atoms with Gasteiger partial charge in [0.05, 0.1) is 11.6 Å². The van der Waals surface area contributed by atoms with Crippen LogP contribution in [-0.2, 0) is 14.3 Å². The van der Waals surface area contributed by atoms with Crippen LogP contribution in [0.5, 0.6) is 0 Å². The molecule has 10 nitrogen and oxygen atoms in total. The lowest BCUT2D eigenvalue weighted by molar-refractivity contribution is -0.159. The molecule has 1 saturated heterocycles. The minimum Gasteiger partial charge on any atom is -0.454 e. The molecule has 26 heavy (non-hydrogen) atoms. The van der Waals surface area contributed by atoms with Gasteiger partial charge < -0.3 is 20.7 Å². The molecule has 0 spiro atoms. The summed E-state index contributed by atoms with van der Waals surface area (Å²) in [6.45, 7) is 10.2. The van der Waals surface area contributed by atoms with Crippen LogP contribution in [0.3, 0.4) is 0 Å². The minimum atomic E-state index is -1.91. The highest BCUT2D eigenvalue weighted by atomic mass is 16.6. The Bertz CT molecular complexity index is 876. The molecule has 3 heterocycles. The van der Waals surface area contributed by atoms with Crippen LogP contribution in [-0.4, -0.2) is 55.3 Å². The molecule has 4 atom stereocenters. The molecule has 10 heteroatoms. The molecule has 0 unspecified atom stereocenters. The van der Waals surface area contributed by atoms with E-state index in [4.69, 9.17) is 21.8 Å². The Hall–Kier alpha value is -2.74. The Labute approximate surface area is 149 Å². The van der Waals surface area contributed by atoms with Gasteiger partial charge in [0.1, 0.15) is 24.1 Å². The summed E-state index contributed by atoms with van der Waals surface area (Å²) in [6.07, 6.45) is -2.81. The molecule has 3 rings (SSSR count). The van der Waals surface area contributed by atoms with E-state index >= 15 is 0 Å². The molecule has 0 aromatic carbocycles. The maximum Gasteiger partial charge on any atom is 0.400 e. The summed E-state index contributed by atoms with van der Waals surface area (Å²) in [6, 6.07) is 3.25. The van der Waals surface area contributed by atoms with E-state index in [2.05, 4.69) is 14.9 Å². The maximum absolute atomic E-state index is 11.7. The van der Waals surface area contributed by atoms with Gasteiger partial charge in [-0.15, -0.1) is 0 Å². The van der Waals surface area contributed by atoms with Crippen LogP contribution in [0.1, 0.15) is 25.6 Å². The number of esters is 1. The molecule has 1 aliphatic heterocycles. The predicted molar refractivity (Wildman–Crippen MR) is 88.4 cm³/mol. The van der Waals surface area contributed by atoms with E-state index in [9.17, 15) is 15.0 Å². The number of ether oxygens (including phenoxy) is 2. The molecule has 0 bridgehead atoms. The van der Waals surface area contributed by atoms with Crippen LogP contribution in [0.2, 0.25) is 0 Å². The third kappa shape index (κ3) is 2.76. The highest BCUT2D eigenvalue weighted by molar-refractivity contribution is 5.71. The highest BCUT2D eigenvalue weighted by Crippen LogP contribution is 2.41. The van der Waals surface area contributed by atoms with Crippen LogP contribution >= 0.6 is 0 Å². The van der Waals surface area contributed by atoms with Crippen molar-refractivity contribution >= 4 is 17.3 Å². The fourth-order valence-electron chi connectivity index (χ4n) is 2.80. The number of nitrogen functional groups attached to an aromatic ring is 1. The molecular formula is C16H19N5O5. The molecule has 4 N–H and O–H groups in total. The van der Waals surface area contributed by atoms with Gasteiger partial charge in [-0.2, -0.15) is 5.10 Å². The molecular weight excluding hydrogens is 342 g/mol. The van der Waals surface area contributed by atoms with Gasteiger partial charge in [0, 0.05) is 0 Å². The lowest BCUT2D eigenvalue weighted by atomic mass is 10.0. The Morgan fingerprint density at radius 2 is 2.27 bits per heavy atom. The molecule has 2 aromatic rings. The third-order valence-corrected chi connectivity index (χ3v) is 4.31. The monoisotopic (exact) mass is 361 g/mol. The normalized spacial score (nSPS) is 28.4. The van der Waals surface area contributed by atoms with E-state index in [-0.39, 0.29) is 5.82 Å². The van der Waals surface area contributed by atoms with E-state index in [1.54, 1.807) is 26.0 Å². The van der Waals surface area contributed by atoms with Gasteiger partial charge in [0.25, 0.3) is 0 Å². The van der Waals surface area contributed by atoms with Crippen LogP contribution in [0.4, 0.5) is 5.82 Å². The highest BCUT2D eigenvalue weighted by Gasteiger charge is 2.62. The van der Waals surface area contributed by atoms with Crippen molar-refractivity contribution in [3.63, 3.8) is 0 Å². The Kier molecular flexibility index (Phi) is 4.53. The summed E-state index contributed by atoms with van der Waals surface area (Å²) in [5.41, 5.74) is 4.77. The first-order chi connectivity index (χ1) is 12.3. The lowest BCUT2D eigenvalue weighted by Crippen LogP contribution is -2.45. The summed E-state index contributed by atoms with van der Waals surface area (Å²) in [4.78, 5) is 18.9. The zero-order chi connectivity index (χ0) is 19.1. The average molecular weight is 361 g/mol. The van der Waals surface area contributed by atoms with Gasteiger partial charge >= 0.3 is 11.7 Å². The Balaban J connectivity index is 1.92. The van der Waals surface area contributed by atoms with E-state index < -0.39 is 42.5 Å². The lowest BCUT2D eigenvalue weighted by Gasteiger charge is -2.19. The second kappa shape index (κ2) is 6.53. The van der Waals surface area contributed by atoms with Gasteiger partial charge in [-0.3, -0.25) is 14.4 Å². The van der Waals surface area contributed by atoms with Gasteiger partial charge in [-0.25, -0.2) is 16.1 Å². The van der Waals surface area contributed by atoms with Crippen molar-refractivity contribution in [3.05, 3.63) is 35.6 Å². The fraction of sp³-hybridized carbons (Fsp3) is 0.500. The van der Waals surface area contributed by atoms with E-state index in [0.29, 0.717) is 11.2 Å². The van der Waals surface area contributed by atoms with Gasteiger partial charge in [0.15, 0.2) is 18.5 Å². The Morgan fingerprint density at radius 1 is 1.54 bits per heavy atom. The van der Waals surface area contributed by atoms with Crippen LogP contribution in [0, 0.1) is 12.5 Å². The van der Waals surface area contributed by atoms with E-state index in [1.807, 2.05) is 0 Å². The van der Waals surface area contributed by atoms with Crippen molar-refractivity contribution in [3.8, 4) is 0 Å². The van der Waals surface area contributed by atoms with Crippen molar-refractivity contribution in [2.45, 2.75) is 37.9 Å². The molecule has 0 saturated carbocycles. The van der Waals surface area contributed by atoms with Gasteiger partial charge in [-0.05, 0) is 12.1 Å². The second-order valence-electron chi connectivity index (χ2n) is 6.39. The van der Waals surface area contributed by atoms with Crippen molar-refractivity contribution in [1.29, 1.82) is 0 Å². The second-order valence-corrected chi connectivity index (χ2v) is 6.39. The first-order valence-corrected chi connectivity index (χ1v) is 7.98. The molecule has 0 amide bonds. The van der Waals surface area contributed by atoms with Gasteiger partial charge in [-0.1, -0.05) is 13.8 Å². The number of nitrogens with two attached hydrogens (primary N) is 1. The van der Waals surface area contributed by atoms with Crippen molar-refractivity contribution < 1.29 is 24.5 Å². The smallest absolute Gasteiger partial charge is 0.400 e. The number of anilines is 1. The number of fused-ring (bicyclic) bond motifs is 1. The molecule has 1 aliphatic rings. The zero-order valence-corrected chi connectivity index (χ0v) is 14.2. The summed E-state index contributed by atoms with van der Waals surface area (Å²) in [7, 11) is 0. The van der Waals surface area contributed by atoms with Crippen LogP contribution in [0.15, 0.2) is 18.5 Å². The standard InChI is InChI=1S/C16H19N5O5/c1-8(2)15(24)25-6-16(18-3)13(23)11(22)12(26-16)9-4-5-10-14(17)19-7-20-21(9)10/h4-5,7-8,11-13,22-23H,6H2,1-2H3,(H2,17,19,20)/t11-,12-,13-,16+/m0/s1. The number of rotatable bonds is 4. The van der Waals surface area contributed by atoms with Crippen molar-refractivity contribution in [2.24, 2.45) is 5.92 Å². The third-order valence-electron chi connectivity index (χ3n) is 4.31. The number of nitrogens with zero attached hydrogens (tertiary/aromatic N) is 4. The summed E-state index contributed by atoms with van der Waals surface area (Å²) in [5.74, 6) is -0.691. The van der Waals surface area contributed by atoms with Crippen LogP contribution in [0.25, 0.3) is 10.4 Å². The minimum absolute atomic E-state index is 0.238. The fourth-order valence-corrected chi connectivity index (χ4v) is 2.80. The molecule has 2 aromatic heterocycles. The zero-order valence-electron chi connectivity index (χ0n) is 14.2. The summed E-state index contributed by atoms with van der Waals surface area (Å²) >= 11 is 0. The quantitative estimate of drug-likeness (QED) is 0.508. The first-order valence-electron chi connectivity index (χ1n) is 7.98. The molecule has 138 valence electrons. The number of aromatic nitrogens is 3. The van der Waals surface area contributed by atoms with Crippen molar-refractivity contribution in [1.82, 2.24) is 14.6 Å². The summed E-state index contributed by atoms with van der Waals surface area (Å²) in [5, 5.41) is 24.9. The molecule has 0 radical (unpaired) electrons. The van der Waals surface area contributed by atoms with E-state index in [1.165, 1.54) is 10.8 Å². The average Bonchev–Trinajstić information content (AvgIpc) is 3.15. The molecule has 0 aliphatic carbocycles. The van der Waals surface area contributed by atoms with Crippen molar-refractivity contribution in [2.75, 3.05) is 12.3 Å². The summed E-state index contributed by atoms with van der Waals surface area (Å²) < 4.78 is 12.2. The number of aliphatic hydroxyl groups excluding tert-OH is 2. The SMILES string of the molecule is [C-]#[N+][C@]1(COC(=O)C(C)C)O[C@@H](c2ccc3c(N)ncnn23)[C@H](O)[C@@H]1O. The number of hydrogen-bond donors (Lipinski definition) is 3. The largest absolute Gasteiger partial charge is 0.454 e. The molecule has 1 fully saturated rings. The Morgan fingerprint density at radius 3 is 2.92 bits per heavy atom. The number of aliphatic hydroxyl groups is 2. The number of carbonyl (C=O) groups is 1. The maximum atomic E-state index is 11.7. The predicted octanol–water partition coefficient (Wildman–Crippen LogP) is -0.0806.